The van der Waals surface area contributed by atoms with Gasteiger partial charge in [0.2, 0.25) is 0 Å². The number of nitrogens with zero attached hydrogens (tertiary/aromatic N) is 2. The van der Waals surface area contributed by atoms with Crippen LogP contribution in [0, 0.1) is 6.92 Å². The van der Waals surface area contributed by atoms with Crippen LogP contribution < -0.4 is 5.32 Å². The number of amides is 1. The lowest BCUT2D eigenvalue weighted by atomic mass is 10.0. The lowest BCUT2D eigenvalue weighted by Gasteiger charge is -2.12. The van der Waals surface area contributed by atoms with E-state index in [1.807, 2.05) is 25.1 Å². The molecule has 0 spiro atoms. The highest BCUT2D eigenvalue weighted by Crippen LogP contribution is 2.39. The molecule has 0 atom stereocenters. The van der Waals surface area contributed by atoms with Gasteiger partial charge in [-0.25, -0.2) is 0 Å². The van der Waals surface area contributed by atoms with E-state index in [9.17, 15) is 14.7 Å². The minimum atomic E-state index is -0.481. The smallest absolute Gasteiger partial charge is 0.259 e. The molecule has 7 heteroatoms. The Bertz CT molecular complexity index is 1410. The molecule has 0 bridgehead atoms. The fourth-order valence-corrected chi connectivity index (χ4v) is 3.65. The second-order valence-electron chi connectivity index (χ2n) is 7.56. The number of hydrogen-bond acceptors (Lipinski definition) is 5. The minimum absolute atomic E-state index is 0.0447. The Hall–Kier alpha value is -4.03. The average molecular weight is 458 g/mol. The van der Waals surface area contributed by atoms with E-state index in [1.165, 1.54) is 6.92 Å². The molecule has 0 unspecified atom stereocenters. The third kappa shape index (κ3) is 4.76. The van der Waals surface area contributed by atoms with Gasteiger partial charge >= 0.3 is 0 Å². The summed E-state index contributed by atoms with van der Waals surface area (Å²) in [6, 6.07) is 20.7. The van der Waals surface area contributed by atoms with Crippen molar-refractivity contribution in [2.75, 3.05) is 5.32 Å². The summed E-state index contributed by atoms with van der Waals surface area (Å²) in [7, 11) is 0. The zero-order valence-corrected chi connectivity index (χ0v) is 18.7. The molecule has 164 valence electrons. The molecule has 4 aromatic carbocycles. The summed E-state index contributed by atoms with van der Waals surface area (Å²) in [4.78, 5) is 24.5. The molecule has 6 nitrogen and oxygen atoms in total. The van der Waals surface area contributed by atoms with Crippen LogP contribution >= 0.6 is 11.6 Å². The maximum atomic E-state index is 13.0. The molecular formula is C26H20ClN3O3. The number of phenols is 1. The zero-order valence-electron chi connectivity index (χ0n) is 18.0. The van der Waals surface area contributed by atoms with Crippen LogP contribution in [0.5, 0.6) is 5.75 Å². The number of anilines is 1. The van der Waals surface area contributed by atoms with Crippen LogP contribution in [0.3, 0.4) is 0 Å². The molecule has 0 heterocycles. The number of aromatic hydroxyl groups is 1. The Balaban J connectivity index is 1.74. The number of fused-ring (bicyclic) bond motifs is 1. The van der Waals surface area contributed by atoms with Crippen LogP contribution in [0.1, 0.15) is 33.2 Å². The number of aryl methyl sites for hydroxylation is 1. The highest BCUT2D eigenvalue weighted by molar-refractivity contribution is 6.30. The highest BCUT2D eigenvalue weighted by Gasteiger charge is 2.19. The largest absolute Gasteiger partial charge is 0.505 e. The second kappa shape index (κ2) is 9.22. The molecule has 0 radical (unpaired) electrons. The molecule has 4 rings (SSSR count). The predicted octanol–water partition coefficient (Wildman–Crippen LogP) is 7.38. The van der Waals surface area contributed by atoms with Gasteiger partial charge in [0.25, 0.3) is 5.91 Å². The van der Waals surface area contributed by atoms with Crippen molar-refractivity contribution in [3.63, 3.8) is 0 Å². The molecule has 33 heavy (non-hydrogen) atoms. The number of benzene rings is 4. The van der Waals surface area contributed by atoms with Crippen molar-refractivity contribution in [1.29, 1.82) is 0 Å². The van der Waals surface area contributed by atoms with E-state index in [4.69, 9.17) is 11.6 Å². The second-order valence-corrected chi connectivity index (χ2v) is 8.00. The number of carbonyl (C=O) groups excluding carboxylic acids is 2. The van der Waals surface area contributed by atoms with E-state index in [0.717, 1.165) is 10.9 Å². The number of nitrogens with one attached hydrogen (secondary N) is 1. The monoisotopic (exact) mass is 457 g/mol. The van der Waals surface area contributed by atoms with Gasteiger partial charge in [0, 0.05) is 21.7 Å². The first-order chi connectivity index (χ1) is 15.8. The molecule has 1 amide bonds. The molecule has 0 aromatic heterocycles. The number of phenolic OH excluding ortho intramolecular Hbond substituents is 1. The van der Waals surface area contributed by atoms with Crippen LogP contribution in [0.15, 0.2) is 83.0 Å². The van der Waals surface area contributed by atoms with Crippen LogP contribution in [0.2, 0.25) is 5.02 Å². The minimum Gasteiger partial charge on any atom is -0.505 e. The predicted molar refractivity (Wildman–Crippen MR) is 130 cm³/mol. The fraction of sp³-hybridized carbons (Fsp3) is 0.0769. The van der Waals surface area contributed by atoms with Gasteiger partial charge in [0.15, 0.2) is 11.5 Å². The quantitative estimate of drug-likeness (QED) is 0.242. The van der Waals surface area contributed by atoms with Crippen LogP contribution in [0.4, 0.5) is 17.1 Å². The summed E-state index contributed by atoms with van der Waals surface area (Å²) in [6.07, 6.45) is 0. The van der Waals surface area contributed by atoms with E-state index in [-0.39, 0.29) is 22.8 Å². The maximum Gasteiger partial charge on any atom is 0.259 e. The third-order valence-corrected chi connectivity index (χ3v) is 5.45. The maximum absolute atomic E-state index is 13.0. The number of rotatable bonds is 5. The number of hydrogen-bond donors (Lipinski definition) is 2. The van der Waals surface area contributed by atoms with E-state index in [1.54, 1.807) is 54.6 Å². The Morgan fingerprint density at radius 1 is 0.939 bits per heavy atom. The van der Waals surface area contributed by atoms with Crippen molar-refractivity contribution < 1.29 is 14.7 Å². The first kappa shape index (κ1) is 22.2. The van der Waals surface area contributed by atoms with Gasteiger partial charge in [-0.15, -0.1) is 5.11 Å². The van der Waals surface area contributed by atoms with Gasteiger partial charge in [-0.3, -0.25) is 9.59 Å². The summed E-state index contributed by atoms with van der Waals surface area (Å²) >= 11 is 6.00. The van der Waals surface area contributed by atoms with E-state index in [2.05, 4.69) is 15.5 Å². The van der Waals surface area contributed by atoms with E-state index in [0.29, 0.717) is 27.3 Å². The van der Waals surface area contributed by atoms with Crippen molar-refractivity contribution in [2.24, 2.45) is 10.2 Å². The summed E-state index contributed by atoms with van der Waals surface area (Å²) in [5.74, 6) is -0.801. The van der Waals surface area contributed by atoms with Gasteiger partial charge < -0.3 is 10.4 Å². The Labute approximate surface area is 195 Å². The zero-order chi connectivity index (χ0) is 23.5. The first-order valence-electron chi connectivity index (χ1n) is 10.2. The summed E-state index contributed by atoms with van der Waals surface area (Å²) in [5.41, 5.74) is 2.72. The third-order valence-electron chi connectivity index (χ3n) is 5.22. The van der Waals surface area contributed by atoms with Gasteiger partial charge in [0.05, 0.1) is 11.3 Å². The summed E-state index contributed by atoms with van der Waals surface area (Å²) in [6.45, 7) is 3.32. The van der Waals surface area contributed by atoms with Gasteiger partial charge in [-0.2, -0.15) is 5.11 Å². The lowest BCUT2D eigenvalue weighted by molar-refractivity contribution is 0.101. The molecule has 2 N–H and O–H groups in total. The first-order valence-corrected chi connectivity index (χ1v) is 10.6. The number of halogens is 1. The normalized spacial score (nSPS) is 11.1. The number of azo groups is 1. The van der Waals surface area contributed by atoms with E-state index < -0.39 is 5.91 Å². The fourth-order valence-electron chi connectivity index (χ4n) is 3.42. The topological polar surface area (TPSA) is 91.1 Å². The average Bonchev–Trinajstić information content (AvgIpc) is 2.80. The molecule has 0 aliphatic carbocycles. The van der Waals surface area contributed by atoms with Crippen molar-refractivity contribution in [3.05, 3.63) is 94.5 Å². The van der Waals surface area contributed by atoms with Gasteiger partial charge in [-0.1, -0.05) is 35.9 Å². The number of ketones is 1. The molecule has 0 aliphatic rings. The van der Waals surface area contributed by atoms with Crippen molar-refractivity contribution in [1.82, 2.24) is 0 Å². The summed E-state index contributed by atoms with van der Waals surface area (Å²) in [5, 5.41) is 24.2. The number of carbonyl (C=O) groups is 2. The summed E-state index contributed by atoms with van der Waals surface area (Å²) < 4.78 is 0. The van der Waals surface area contributed by atoms with Crippen molar-refractivity contribution in [2.45, 2.75) is 13.8 Å². The molecule has 0 aliphatic heterocycles. The SMILES string of the molecule is CC(=O)c1ccc(/N=N/c2c(O)c(C(=O)Nc3ccc(Cl)cc3C)cc3ccccc23)cc1. The lowest BCUT2D eigenvalue weighted by Crippen LogP contribution is -2.13. The Kier molecular flexibility index (Phi) is 6.20. The molecular weight excluding hydrogens is 438 g/mol. The van der Waals surface area contributed by atoms with Crippen molar-refractivity contribution in [3.8, 4) is 5.75 Å². The Morgan fingerprint density at radius 2 is 1.67 bits per heavy atom. The molecule has 0 fully saturated rings. The van der Waals surface area contributed by atoms with Crippen molar-refractivity contribution >= 4 is 51.1 Å². The van der Waals surface area contributed by atoms with Gasteiger partial charge in [-0.05, 0) is 73.3 Å². The highest BCUT2D eigenvalue weighted by atomic mass is 35.5. The standard InChI is InChI=1S/C26H20ClN3O3/c1-15-13-19(27)9-12-23(15)28-26(33)22-14-18-5-3-4-6-21(18)24(25(22)32)30-29-20-10-7-17(8-11-20)16(2)31/h3-14,32H,1-2H3,(H,28,33)/b30-29+. The van der Waals surface area contributed by atoms with E-state index >= 15 is 0 Å². The molecule has 0 saturated carbocycles. The molecule has 0 saturated heterocycles. The van der Waals surface area contributed by atoms with Crippen LogP contribution in [0.25, 0.3) is 10.8 Å². The van der Waals surface area contributed by atoms with Crippen LogP contribution in [-0.2, 0) is 0 Å². The van der Waals surface area contributed by atoms with Gasteiger partial charge in [0.1, 0.15) is 5.69 Å². The van der Waals surface area contributed by atoms with Crippen LogP contribution in [-0.4, -0.2) is 16.8 Å². The molecule has 4 aromatic rings. The Morgan fingerprint density at radius 3 is 2.36 bits per heavy atom. The number of Topliss-reactive ketones (excluding diaryl/α,β-unsaturated/α-hetero) is 1.